The molecular weight excluding hydrogens is 290 g/mol. The predicted octanol–water partition coefficient (Wildman–Crippen LogP) is 1.91. The van der Waals surface area contributed by atoms with Crippen LogP contribution in [0.5, 0.6) is 0 Å². The quantitative estimate of drug-likeness (QED) is 0.727. The summed E-state index contributed by atoms with van der Waals surface area (Å²) in [7, 11) is 0. The minimum Gasteiger partial charge on any atom is -0.394 e. The summed E-state index contributed by atoms with van der Waals surface area (Å²) in [5, 5.41) is 18.1. The largest absolute Gasteiger partial charge is 0.394 e. The van der Waals surface area contributed by atoms with E-state index in [1.165, 1.54) is 11.8 Å². The summed E-state index contributed by atoms with van der Waals surface area (Å²) in [5.41, 5.74) is 6.92. The van der Waals surface area contributed by atoms with Crippen LogP contribution in [0.2, 0.25) is 0 Å². The van der Waals surface area contributed by atoms with Crippen LogP contribution in [0.25, 0.3) is 0 Å². The minimum absolute atomic E-state index is 0.0399. The van der Waals surface area contributed by atoms with Gasteiger partial charge in [-0.05, 0) is 24.6 Å². The molecule has 0 saturated carbocycles. The molecule has 0 radical (unpaired) electrons. The topological polar surface area (TPSA) is 66.5 Å². The van der Waals surface area contributed by atoms with Gasteiger partial charge in [0.2, 0.25) is 0 Å². The van der Waals surface area contributed by atoms with Crippen molar-refractivity contribution >= 4 is 27.7 Å². The average molecular weight is 306 g/mol. The summed E-state index contributed by atoms with van der Waals surface area (Å²) < 4.78 is 0.984. The van der Waals surface area contributed by atoms with Gasteiger partial charge in [0.1, 0.15) is 0 Å². The van der Waals surface area contributed by atoms with Gasteiger partial charge in [-0.2, -0.15) is 0 Å². The van der Waals surface area contributed by atoms with Gasteiger partial charge >= 0.3 is 0 Å². The molecule has 5 heteroatoms. The van der Waals surface area contributed by atoms with Gasteiger partial charge in [-0.1, -0.05) is 22.0 Å². The lowest BCUT2D eigenvalue weighted by molar-refractivity contribution is 0.113. The number of hydrogen-bond donors (Lipinski definition) is 3. The summed E-state index contributed by atoms with van der Waals surface area (Å²) in [6.45, 7) is 1.71. The zero-order valence-electron chi connectivity index (χ0n) is 9.06. The minimum atomic E-state index is -0.690. The molecule has 16 heavy (non-hydrogen) atoms. The fourth-order valence-corrected chi connectivity index (χ4v) is 2.87. The van der Waals surface area contributed by atoms with Crippen molar-refractivity contribution in [2.75, 3.05) is 12.4 Å². The molecule has 4 N–H and O–H groups in total. The van der Waals surface area contributed by atoms with Gasteiger partial charge in [0.05, 0.1) is 12.7 Å². The van der Waals surface area contributed by atoms with Gasteiger partial charge < -0.3 is 15.9 Å². The average Bonchev–Trinajstić information content (AvgIpc) is 2.25. The molecule has 1 aromatic rings. The van der Waals surface area contributed by atoms with Crippen LogP contribution in [0.15, 0.2) is 27.6 Å². The van der Waals surface area contributed by atoms with Crippen molar-refractivity contribution in [2.24, 2.45) is 5.73 Å². The second-order valence-corrected chi connectivity index (χ2v) is 5.60. The van der Waals surface area contributed by atoms with E-state index in [0.717, 1.165) is 14.9 Å². The highest BCUT2D eigenvalue weighted by atomic mass is 79.9. The van der Waals surface area contributed by atoms with Crippen LogP contribution in [0.1, 0.15) is 18.5 Å². The van der Waals surface area contributed by atoms with Crippen LogP contribution in [0.4, 0.5) is 0 Å². The van der Waals surface area contributed by atoms with Crippen molar-refractivity contribution in [1.82, 2.24) is 0 Å². The predicted molar refractivity (Wildman–Crippen MR) is 70.6 cm³/mol. The number of rotatable bonds is 5. The molecule has 0 fully saturated rings. The SMILES string of the molecule is CC(N)c1ccc(Br)cc1SCC(O)CO. The molecule has 0 aliphatic carbocycles. The van der Waals surface area contributed by atoms with Crippen LogP contribution in [-0.2, 0) is 0 Å². The van der Waals surface area contributed by atoms with E-state index in [4.69, 9.17) is 10.8 Å². The van der Waals surface area contributed by atoms with Crippen LogP contribution < -0.4 is 5.73 Å². The van der Waals surface area contributed by atoms with Crippen molar-refractivity contribution in [3.63, 3.8) is 0 Å². The molecule has 0 aromatic heterocycles. The molecule has 0 amide bonds. The van der Waals surface area contributed by atoms with E-state index in [1.54, 1.807) is 0 Å². The standard InChI is InChI=1S/C11H16BrNO2S/c1-7(13)10-3-2-8(12)4-11(10)16-6-9(15)5-14/h2-4,7,9,14-15H,5-6,13H2,1H3. The number of aliphatic hydroxyl groups is 2. The third-order valence-corrected chi connectivity index (χ3v) is 3.82. The zero-order chi connectivity index (χ0) is 12.1. The first-order valence-corrected chi connectivity index (χ1v) is 6.79. The van der Waals surface area contributed by atoms with E-state index in [9.17, 15) is 5.11 Å². The molecule has 0 heterocycles. The van der Waals surface area contributed by atoms with Crippen LogP contribution in [-0.4, -0.2) is 28.7 Å². The number of benzene rings is 1. The lowest BCUT2D eigenvalue weighted by Gasteiger charge is -2.14. The van der Waals surface area contributed by atoms with Crippen molar-refractivity contribution in [3.05, 3.63) is 28.2 Å². The van der Waals surface area contributed by atoms with Gasteiger partial charge in [-0.15, -0.1) is 11.8 Å². The number of nitrogens with two attached hydrogens (primary N) is 1. The highest BCUT2D eigenvalue weighted by molar-refractivity contribution is 9.10. The van der Waals surface area contributed by atoms with E-state index in [-0.39, 0.29) is 12.6 Å². The molecular formula is C11H16BrNO2S. The molecule has 90 valence electrons. The van der Waals surface area contributed by atoms with Gasteiger partial charge in [-0.3, -0.25) is 0 Å². The third kappa shape index (κ3) is 4.07. The number of thioether (sulfide) groups is 1. The molecule has 3 nitrogen and oxygen atoms in total. The zero-order valence-corrected chi connectivity index (χ0v) is 11.5. The summed E-state index contributed by atoms with van der Waals surface area (Å²) >= 11 is 4.91. The van der Waals surface area contributed by atoms with Crippen LogP contribution >= 0.6 is 27.7 Å². The first-order chi connectivity index (χ1) is 7.54. The summed E-state index contributed by atoms with van der Waals surface area (Å²) in [6, 6.07) is 5.86. The maximum atomic E-state index is 9.30. The Hall–Kier alpha value is -0.0700. The van der Waals surface area contributed by atoms with E-state index in [0.29, 0.717) is 5.75 Å². The van der Waals surface area contributed by atoms with E-state index in [2.05, 4.69) is 15.9 Å². The summed E-state index contributed by atoms with van der Waals surface area (Å²) in [6.07, 6.45) is -0.690. The van der Waals surface area contributed by atoms with Gasteiger partial charge in [0.25, 0.3) is 0 Å². The normalized spacial score (nSPS) is 14.8. The van der Waals surface area contributed by atoms with Gasteiger partial charge in [0.15, 0.2) is 0 Å². The Bertz CT molecular complexity index is 347. The molecule has 0 aliphatic heterocycles. The van der Waals surface area contributed by atoms with Crippen molar-refractivity contribution in [3.8, 4) is 0 Å². The Kier molecular flexibility index (Phi) is 5.78. The maximum Gasteiger partial charge on any atom is 0.0864 e. The lowest BCUT2D eigenvalue weighted by Crippen LogP contribution is -2.15. The number of aliphatic hydroxyl groups excluding tert-OH is 2. The number of halogens is 1. The summed E-state index contributed by atoms with van der Waals surface area (Å²) in [5.74, 6) is 0.465. The molecule has 0 saturated heterocycles. The van der Waals surface area contributed by atoms with Crippen LogP contribution in [0, 0.1) is 0 Å². The first-order valence-electron chi connectivity index (χ1n) is 5.01. The molecule has 0 bridgehead atoms. The smallest absolute Gasteiger partial charge is 0.0864 e. The van der Waals surface area contributed by atoms with Crippen molar-refractivity contribution < 1.29 is 10.2 Å². The second-order valence-electron chi connectivity index (χ2n) is 3.62. The maximum absolute atomic E-state index is 9.30. The Morgan fingerprint density at radius 3 is 2.75 bits per heavy atom. The van der Waals surface area contributed by atoms with Crippen molar-refractivity contribution in [2.45, 2.75) is 24.0 Å². The molecule has 1 rings (SSSR count). The first kappa shape index (κ1) is 14.0. The Morgan fingerprint density at radius 2 is 2.19 bits per heavy atom. The fraction of sp³-hybridized carbons (Fsp3) is 0.455. The monoisotopic (exact) mass is 305 g/mol. The highest BCUT2D eigenvalue weighted by Gasteiger charge is 2.10. The Balaban J connectivity index is 2.80. The molecule has 2 unspecified atom stereocenters. The van der Waals surface area contributed by atoms with Gasteiger partial charge in [0, 0.05) is 21.2 Å². The van der Waals surface area contributed by atoms with Crippen molar-refractivity contribution in [1.29, 1.82) is 0 Å². The molecule has 2 atom stereocenters. The lowest BCUT2D eigenvalue weighted by atomic mass is 10.1. The fourth-order valence-electron chi connectivity index (χ4n) is 1.25. The molecule has 1 aromatic carbocycles. The Morgan fingerprint density at radius 1 is 1.50 bits per heavy atom. The van der Waals surface area contributed by atoms with E-state index in [1.807, 2.05) is 25.1 Å². The third-order valence-electron chi connectivity index (χ3n) is 2.11. The van der Waals surface area contributed by atoms with Gasteiger partial charge in [-0.25, -0.2) is 0 Å². The van der Waals surface area contributed by atoms with E-state index >= 15 is 0 Å². The molecule has 0 aliphatic rings. The highest BCUT2D eigenvalue weighted by Crippen LogP contribution is 2.30. The number of hydrogen-bond acceptors (Lipinski definition) is 4. The van der Waals surface area contributed by atoms with Crippen LogP contribution in [0.3, 0.4) is 0 Å². The Labute approximate surface area is 108 Å². The second kappa shape index (κ2) is 6.61. The molecule has 0 spiro atoms. The van der Waals surface area contributed by atoms with E-state index < -0.39 is 6.10 Å². The summed E-state index contributed by atoms with van der Waals surface area (Å²) in [4.78, 5) is 1.04.